The van der Waals surface area contributed by atoms with Crippen molar-refractivity contribution in [2.75, 3.05) is 31.1 Å². The Bertz CT molecular complexity index is 815. The van der Waals surface area contributed by atoms with Crippen LogP contribution >= 0.6 is 15.9 Å². The van der Waals surface area contributed by atoms with Gasteiger partial charge in [0.1, 0.15) is 5.69 Å². The molecular weight excluding hydrogens is 398 g/mol. The molecule has 0 N–H and O–H groups in total. The van der Waals surface area contributed by atoms with Gasteiger partial charge in [-0.2, -0.15) is 0 Å². The summed E-state index contributed by atoms with van der Waals surface area (Å²) in [6.07, 6.45) is 0.944. The van der Waals surface area contributed by atoms with Gasteiger partial charge in [0.15, 0.2) is 0 Å². The summed E-state index contributed by atoms with van der Waals surface area (Å²) in [6, 6.07) is 12.8. The second kappa shape index (κ2) is 7.86. The molecule has 0 bridgehead atoms. The van der Waals surface area contributed by atoms with Gasteiger partial charge in [-0.05, 0) is 36.2 Å². The Morgan fingerprint density at radius 1 is 1.12 bits per heavy atom. The number of carbonyl (C=O) groups is 1. The molecule has 0 atom stereocenters. The minimum atomic E-state index is -0.368. The highest BCUT2D eigenvalue weighted by Gasteiger charge is 2.26. The Morgan fingerprint density at radius 3 is 2.35 bits per heavy atom. The van der Waals surface area contributed by atoms with Gasteiger partial charge in [0.2, 0.25) is 0 Å². The highest BCUT2D eigenvalue weighted by Crippen LogP contribution is 2.31. The molecule has 1 aliphatic heterocycles. The Hall–Kier alpha value is -2.41. The molecule has 0 spiro atoms. The molecule has 136 valence electrons. The van der Waals surface area contributed by atoms with Crippen molar-refractivity contribution < 1.29 is 9.72 Å². The molecule has 1 saturated heterocycles. The predicted octanol–water partition coefficient (Wildman–Crippen LogP) is 3.88. The normalized spacial score (nSPS) is 14.4. The zero-order valence-electron chi connectivity index (χ0n) is 14.5. The summed E-state index contributed by atoms with van der Waals surface area (Å²) in [5.41, 5.74) is 2.56. The largest absolute Gasteiger partial charge is 0.362 e. The van der Waals surface area contributed by atoms with Crippen LogP contribution in [0.1, 0.15) is 22.8 Å². The molecule has 0 unspecified atom stereocenters. The van der Waals surface area contributed by atoms with E-state index in [9.17, 15) is 14.9 Å². The number of nitro benzene ring substituents is 1. The number of hydrogen-bond acceptors (Lipinski definition) is 4. The standard InChI is InChI=1S/C19H20BrN3O3/c1-2-14-3-5-15(6-4-14)19(24)22-11-9-21(10-12-22)17-8-7-16(20)13-18(17)23(25)26/h3-8,13H,2,9-12H2,1H3. The first-order valence-corrected chi connectivity index (χ1v) is 9.36. The number of amides is 1. The van der Waals surface area contributed by atoms with E-state index in [1.54, 1.807) is 12.1 Å². The molecule has 26 heavy (non-hydrogen) atoms. The fourth-order valence-corrected chi connectivity index (χ4v) is 3.48. The molecule has 0 aromatic heterocycles. The summed E-state index contributed by atoms with van der Waals surface area (Å²) >= 11 is 3.28. The van der Waals surface area contributed by atoms with Crippen molar-refractivity contribution in [1.82, 2.24) is 4.90 Å². The first-order valence-electron chi connectivity index (χ1n) is 8.56. The summed E-state index contributed by atoms with van der Waals surface area (Å²) in [5, 5.41) is 11.3. The molecule has 0 radical (unpaired) electrons. The Morgan fingerprint density at radius 2 is 1.77 bits per heavy atom. The number of nitro groups is 1. The highest BCUT2D eigenvalue weighted by molar-refractivity contribution is 9.10. The molecular formula is C19H20BrN3O3. The lowest BCUT2D eigenvalue weighted by atomic mass is 10.1. The third kappa shape index (κ3) is 3.88. The molecule has 6 nitrogen and oxygen atoms in total. The number of hydrogen-bond donors (Lipinski definition) is 0. The van der Waals surface area contributed by atoms with Crippen molar-refractivity contribution in [3.05, 3.63) is 68.2 Å². The molecule has 1 aliphatic rings. The van der Waals surface area contributed by atoms with Crippen LogP contribution in [0.4, 0.5) is 11.4 Å². The first-order chi connectivity index (χ1) is 12.5. The summed E-state index contributed by atoms with van der Waals surface area (Å²) in [6.45, 7) is 4.31. The van der Waals surface area contributed by atoms with E-state index in [1.807, 2.05) is 34.1 Å². The second-order valence-electron chi connectivity index (χ2n) is 6.22. The number of benzene rings is 2. The predicted molar refractivity (Wildman–Crippen MR) is 105 cm³/mol. The molecule has 1 heterocycles. The number of nitrogens with zero attached hydrogens (tertiary/aromatic N) is 3. The Kier molecular flexibility index (Phi) is 5.56. The van der Waals surface area contributed by atoms with Gasteiger partial charge in [0.05, 0.1) is 4.92 Å². The van der Waals surface area contributed by atoms with Crippen molar-refractivity contribution in [1.29, 1.82) is 0 Å². The number of anilines is 1. The highest BCUT2D eigenvalue weighted by atomic mass is 79.9. The van der Waals surface area contributed by atoms with Crippen LogP contribution in [0.15, 0.2) is 46.9 Å². The van der Waals surface area contributed by atoms with Crippen LogP contribution in [-0.2, 0) is 6.42 Å². The second-order valence-corrected chi connectivity index (χ2v) is 7.14. The third-order valence-corrected chi connectivity index (χ3v) is 5.14. The smallest absolute Gasteiger partial charge is 0.293 e. The van der Waals surface area contributed by atoms with Crippen LogP contribution in [0.25, 0.3) is 0 Å². The van der Waals surface area contributed by atoms with Gasteiger partial charge in [-0.25, -0.2) is 0 Å². The topological polar surface area (TPSA) is 66.7 Å². The Labute approximate surface area is 160 Å². The van der Waals surface area contributed by atoms with E-state index in [0.717, 1.165) is 6.42 Å². The molecule has 0 saturated carbocycles. The fourth-order valence-electron chi connectivity index (χ4n) is 3.13. The molecule has 7 heteroatoms. The molecule has 0 aliphatic carbocycles. The van der Waals surface area contributed by atoms with Crippen LogP contribution in [0, 0.1) is 10.1 Å². The van der Waals surface area contributed by atoms with Crippen molar-refractivity contribution in [3.63, 3.8) is 0 Å². The van der Waals surface area contributed by atoms with E-state index in [4.69, 9.17) is 0 Å². The van der Waals surface area contributed by atoms with Gasteiger partial charge in [-0.3, -0.25) is 14.9 Å². The van der Waals surface area contributed by atoms with E-state index >= 15 is 0 Å². The van der Waals surface area contributed by atoms with Crippen molar-refractivity contribution >= 4 is 33.2 Å². The zero-order chi connectivity index (χ0) is 18.7. The minimum Gasteiger partial charge on any atom is -0.362 e. The van der Waals surface area contributed by atoms with Crippen LogP contribution in [-0.4, -0.2) is 41.9 Å². The summed E-state index contributed by atoms with van der Waals surface area (Å²) in [7, 11) is 0. The van der Waals surface area contributed by atoms with Crippen LogP contribution in [0.3, 0.4) is 0 Å². The van der Waals surface area contributed by atoms with Crippen LogP contribution in [0.2, 0.25) is 0 Å². The first kappa shape index (κ1) is 18.4. The molecule has 1 fully saturated rings. The monoisotopic (exact) mass is 417 g/mol. The van der Waals surface area contributed by atoms with Crippen LogP contribution < -0.4 is 4.90 Å². The number of halogens is 1. The maximum absolute atomic E-state index is 12.7. The van der Waals surface area contributed by atoms with Crippen molar-refractivity contribution in [2.24, 2.45) is 0 Å². The average Bonchev–Trinajstić information content (AvgIpc) is 2.67. The van der Waals surface area contributed by atoms with Crippen LogP contribution in [0.5, 0.6) is 0 Å². The maximum atomic E-state index is 12.7. The molecule has 2 aromatic carbocycles. The van der Waals surface area contributed by atoms with Gasteiger partial charge in [-0.15, -0.1) is 0 Å². The summed E-state index contributed by atoms with van der Waals surface area (Å²) < 4.78 is 0.678. The van der Waals surface area contributed by atoms with Gasteiger partial charge < -0.3 is 9.80 Å². The van der Waals surface area contributed by atoms with E-state index < -0.39 is 0 Å². The molecule has 2 aromatic rings. The minimum absolute atomic E-state index is 0.0117. The van der Waals surface area contributed by atoms with Gasteiger partial charge >= 0.3 is 0 Å². The average molecular weight is 418 g/mol. The fraction of sp³-hybridized carbons (Fsp3) is 0.316. The maximum Gasteiger partial charge on any atom is 0.293 e. The lowest BCUT2D eigenvalue weighted by Crippen LogP contribution is -2.49. The number of carbonyl (C=O) groups excluding carboxylic acids is 1. The summed E-state index contributed by atoms with van der Waals surface area (Å²) in [4.78, 5) is 27.4. The van der Waals surface area contributed by atoms with E-state index in [-0.39, 0.29) is 16.5 Å². The zero-order valence-corrected chi connectivity index (χ0v) is 16.1. The molecule has 3 rings (SSSR count). The number of aryl methyl sites for hydroxylation is 1. The Balaban J connectivity index is 1.69. The quantitative estimate of drug-likeness (QED) is 0.558. The van der Waals surface area contributed by atoms with Gasteiger partial charge in [-0.1, -0.05) is 35.0 Å². The number of piperazine rings is 1. The molecule has 1 amide bonds. The van der Waals surface area contributed by atoms with E-state index in [2.05, 4.69) is 22.9 Å². The lowest BCUT2D eigenvalue weighted by Gasteiger charge is -2.35. The third-order valence-electron chi connectivity index (χ3n) is 4.65. The lowest BCUT2D eigenvalue weighted by molar-refractivity contribution is -0.384. The van der Waals surface area contributed by atoms with E-state index in [0.29, 0.717) is 41.9 Å². The number of rotatable bonds is 4. The van der Waals surface area contributed by atoms with Gasteiger partial charge in [0.25, 0.3) is 11.6 Å². The van der Waals surface area contributed by atoms with Crippen molar-refractivity contribution in [2.45, 2.75) is 13.3 Å². The van der Waals surface area contributed by atoms with Gasteiger partial charge in [0, 0.05) is 42.3 Å². The van der Waals surface area contributed by atoms with Crippen molar-refractivity contribution in [3.8, 4) is 0 Å². The summed E-state index contributed by atoms with van der Waals surface area (Å²) in [5.74, 6) is 0.0117. The van der Waals surface area contributed by atoms with E-state index in [1.165, 1.54) is 11.6 Å². The SMILES string of the molecule is CCc1ccc(C(=O)N2CCN(c3ccc(Br)cc3[N+](=O)[O-])CC2)cc1.